The first-order valence-corrected chi connectivity index (χ1v) is 4.06. The van der Waals surface area contributed by atoms with Crippen molar-refractivity contribution in [3.63, 3.8) is 0 Å². The van der Waals surface area contributed by atoms with E-state index in [9.17, 15) is 13.2 Å². The molecule has 1 aliphatic rings. The Morgan fingerprint density at radius 3 is 2.08 bits per heavy atom. The Hall–Kier alpha value is -1.03. The smallest absolute Gasteiger partial charge is 0.133 e. The van der Waals surface area contributed by atoms with Crippen LogP contribution >= 0.6 is 0 Å². The number of hydrogen-bond donors (Lipinski definition) is 1. The average molecular weight is 187 g/mol. The molecule has 1 N–H and O–H groups in total. The lowest BCUT2D eigenvalue weighted by Crippen LogP contribution is -2.36. The molecule has 1 nitrogen and oxygen atoms in total. The molecular weight excluding hydrogens is 179 g/mol. The maximum Gasteiger partial charge on any atom is 0.133 e. The zero-order valence-electron chi connectivity index (χ0n) is 6.78. The molecule has 1 aromatic carbocycles. The molecule has 0 amide bonds. The highest BCUT2D eigenvalue weighted by Crippen LogP contribution is 2.28. The van der Waals surface area contributed by atoms with Crippen molar-refractivity contribution in [2.24, 2.45) is 0 Å². The molecule has 0 unspecified atom stereocenters. The number of nitrogens with one attached hydrogen (secondary N) is 1. The Labute approximate surface area is 73.6 Å². The van der Waals surface area contributed by atoms with Gasteiger partial charge in [-0.25, -0.2) is 13.2 Å². The van der Waals surface area contributed by atoms with Crippen LogP contribution in [0.1, 0.15) is 18.0 Å². The van der Waals surface area contributed by atoms with Crippen molar-refractivity contribution in [1.29, 1.82) is 0 Å². The zero-order chi connectivity index (χ0) is 9.42. The van der Waals surface area contributed by atoms with Crippen molar-refractivity contribution in [3.8, 4) is 0 Å². The molecule has 0 aliphatic carbocycles. The molecule has 1 aromatic rings. The lowest BCUT2D eigenvalue weighted by molar-refractivity contribution is 0.354. The molecule has 1 aliphatic heterocycles. The first kappa shape index (κ1) is 8.56. The van der Waals surface area contributed by atoms with Crippen LogP contribution < -0.4 is 5.32 Å². The monoisotopic (exact) mass is 187 g/mol. The SMILES string of the molecule is Fc1cc(F)c([C@@H]2CCN2)c(F)c1. The molecule has 1 atom stereocenters. The van der Waals surface area contributed by atoms with E-state index >= 15 is 0 Å². The van der Waals surface area contributed by atoms with E-state index in [1.165, 1.54) is 0 Å². The number of benzene rings is 1. The van der Waals surface area contributed by atoms with E-state index in [2.05, 4.69) is 5.32 Å². The van der Waals surface area contributed by atoms with Crippen molar-refractivity contribution < 1.29 is 13.2 Å². The molecular formula is C9H8F3N. The van der Waals surface area contributed by atoms with Crippen LogP contribution in [0.15, 0.2) is 12.1 Å². The van der Waals surface area contributed by atoms with Gasteiger partial charge in [0, 0.05) is 23.7 Å². The van der Waals surface area contributed by atoms with Gasteiger partial charge < -0.3 is 5.32 Å². The summed E-state index contributed by atoms with van der Waals surface area (Å²) in [6, 6.07) is 1.12. The molecule has 1 fully saturated rings. The second-order valence-electron chi connectivity index (χ2n) is 3.08. The van der Waals surface area contributed by atoms with Crippen molar-refractivity contribution >= 4 is 0 Å². The molecule has 0 spiro atoms. The topological polar surface area (TPSA) is 12.0 Å². The Bertz CT molecular complexity index is 311. The molecule has 70 valence electrons. The van der Waals surface area contributed by atoms with E-state index in [4.69, 9.17) is 0 Å². The molecule has 0 bridgehead atoms. The summed E-state index contributed by atoms with van der Waals surface area (Å²) in [6.07, 6.45) is 0.694. The Morgan fingerprint density at radius 1 is 1.15 bits per heavy atom. The first-order chi connectivity index (χ1) is 6.18. The van der Waals surface area contributed by atoms with E-state index < -0.39 is 17.5 Å². The van der Waals surface area contributed by atoms with Crippen molar-refractivity contribution in [1.82, 2.24) is 5.32 Å². The molecule has 4 heteroatoms. The second kappa shape index (κ2) is 3.03. The van der Waals surface area contributed by atoms with Gasteiger partial charge in [-0.1, -0.05) is 0 Å². The molecule has 1 saturated heterocycles. The van der Waals surface area contributed by atoms with Crippen molar-refractivity contribution in [2.45, 2.75) is 12.5 Å². The third-order valence-electron chi connectivity index (χ3n) is 2.22. The maximum atomic E-state index is 13.1. The van der Waals surface area contributed by atoms with Gasteiger partial charge in [-0.3, -0.25) is 0 Å². The van der Waals surface area contributed by atoms with Crippen LogP contribution in [0.4, 0.5) is 13.2 Å². The summed E-state index contributed by atoms with van der Waals surface area (Å²) < 4.78 is 38.6. The zero-order valence-corrected chi connectivity index (χ0v) is 6.78. The van der Waals surface area contributed by atoms with Crippen LogP contribution in [-0.2, 0) is 0 Å². The Kier molecular flexibility index (Phi) is 2.00. The van der Waals surface area contributed by atoms with E-state index in [1.807, 2.05) is 0 Å². The quantitative estimate of drug-likeness (QED) is 0.710. The van der Waals surface area contributed by atoms with Crippen LogP contribution in [0.2, 0.25) is 0 Å². The van der Waals surface area contributed by atoms with Crippen molar-refractivity contribution in [3.05, 3.63) is 35.1 Å². The van der Waals surface area contributed by atoms with Gasteiger partial charge in [0.1, 0.15) is 17.5 Å². The van der Waals surface area contributed by atoms with E-state index in [0.717, 1.165) is 6.54 Å². The lowest BCUT2D eigenvalue weighted by atomic mass is 9.97. The number of hydrogen-bond acceptors (Lipinski definition) is 1. The van der Waals surface area contributed by atoms with Crippen LogP contribution in [0.3, 0.4) is 0 Å². The van der Waals surface area contributed by atoms with E-state index in [1.54, 1.807) is 0 Å². The third-order valence-corrected chi connectivity index (χ3v) is 2.22. The molecule has 0 aromatic heterocycles. The van der Waals surface area contributed by atoms with Gasteiger partial charge in [0.05, 0.1) is 0 Å². The lowest BCUT2D eigenvalue weighted by Gasteiger charge is -2.28. The third kappa shape index (κ3) is 1.42. The summed E-state index contributed by atoms with van der Waals surface area (Å²) in [5.41, 5.74) is -0.0485. The highest BCUT2D eigenvalue weighted by atomic mass is 19.1. The van der Waals surface area contributed by atoms with Crippen LogP contribution in [0, 0.1) is 17.5 Å². The summed E-state index contributed by atoms with van der Waals surface area (Å²) >= 11 is 0. The van der Waals surface area contributed by atoms with Gasteiger partial charge in [0.2, 0.25) is 0 Å². The van der Waals surface area contributed by atoms with Crippen LogP contribution in [0.25, 0.3) is 0 Å². The normalized spacial score (nSPS) is 21.3. The van der Waals surface area contributed by atoms with Gasteiger partial charge in [0.25, 0.3) is 0 Å². The fourth-order valence-corrected chi connectivity index (χ4v) is 1.42. The Balaban J connectivity index is 2.43. The molecule has 1 heterocycles. The molecule has 0 radical (unpaired) electrons. The van der Waals surface area contributed by atoms with Crippen LogP contribution in [-0.4, -0.2) is 6.54 Å². The average Bonchev–Trinajstić information content (AvgIpc) is 1.92. The number of rotatable bonds is 1. The molecule has 13 heavy (non-hydrogen) atoms. The van der Waals surface area contributed by atoms with Crippen molar-refractivity contribution in [2.75, 3.05) is 6.54 Å². The van der Waals surface area contributed by atoms with Gasteiger partial charge in [-0.05, 0) is 13.0 Å². The van der Waals surface area contributed by atoms with Gasteiger partial charge in [-0.2, -0.15) is 0 Å². The standard InChI is InChI=1S/C9H8F3N/c10-5-3-6(11)9(7(12)4-5)8-1-2-13-8/h3-4,8,13H,1-2H2/t8-/m0/s1. The minimum absolute atomic E-state index is 0.0485. The fourth-order valence-electron chi connectivity index (χ4n) is 1.42. The fraction of sp³-hybridized carbons (Fsp3) is 0.333. The molecule has 2 rings (SSSR count). The predicted molar refractivity (Wildman–Crippen MR) is 41.7 cm³/mol. The number of halogens is 3. The van der Waals surface area contributed by atoms with Gasteiger partial charge in [-0.15, -0.1) is 0 Å². The van der Waals surface area contributed by atoms with Crippen LogP contribution in [0.5, 0.6) is 0 Å². The minimum Gasteiger partial charge on any atom is -0.310 e. The van der Waals surface area contributed by atoms with Gasteiger partial charge in [0.15, 0.2) is 0 Å². The van der Waals surface area contributed by atoms with Gasteiger partial charge >= 0.3 is 0 Å². The summed E-state index contributed by atoms with van der Waals surface area (Å²) in [5.74, 6) is -2.50. The minimum atomic E-state index is -0.877. The molecule has 0 saturated carbocycles. The first-order valence-electron chi connectivity index (χ1n) is 4.06. The summed E-state index contributed by atoms with van der Waals surface area (Å²) in [4.78, 5) is 0. The predicted octanol–water partition coefficient (Wildman–Crippen LogP) is 2.14. The van der Waals surface area contributed by atoms with E-state index in [-0.39, 0.29) is 11.6 Å². The summed E-state index contributed by atoms with van der Waals surface area (Å²) in [6.45, 7) is 0.751. The Morgan fingerprint density at radius 2 is 1.69 bits per heavy atom. The summed E-state index contributed by atoms with van der Waals surface area (Å²) in [5, 5.41) is 2.86. The largest absolute Gasteiger partial charge is 0.310 e. The highest BCUT2D eigenvalue weighted by molar-refractivity contribution is 5.25. The second-order valence-corrected chi connectivity index (χ2v) is 3.08. The summed E-state index contributed by atoms with van der Waals surface area (Å²) in [7, 11) is 0. The maximum absolute atomic E-state index is 13.1. The highest BCUT2D eigenvalue weighted by Gasteiger charge is 2.25. The van der Waals surface area contributed by atoms with E-state index in [0.29, 0.717) is 18.6 Å².